The summed E-state index contributed by atoms with van der Waals surface area (Å²) in [4.78, 5) is 10.7. The summed E-state index contributed by atoms with van der Waals surface area (Å²) in [6.45, 7) is 26.7. The molecule has 2 aromatic heterocycles. The van der Waals surface area contributed by atoms with Gasteiger partial charge in [-0.25, -0.2) is 4.98 Å². The number of benzene rings is 7. The van der Waals surface area contributed by atoms with Gasteiger partial charge in [0.25, 0.3) is 0 Å². The normalized spacial score (nSPS) is 12.1. The van der Waals surface area contributed by atoms with E-state index in [9.17, 15) is 5.11 Å². The van der Waals surface area contributed by atoms with Gasteiger partial charge in [-0.2, -0.15) is 0 Å². The third kappa shape index (κ3) is 8.93. The van der Waals surface area contributed by atoms with Crippen molar-refractivity contribution >= 4 is 11.0 Å². The maximum atomic E-state index is 12.5. The zero-order valence-electron chi connectivity index (χ0n) is 42.0. The van der Waals surface area contributed by atoms with Crippen LogP contribution in [0, 0.1) is 13.8 Å². The van der Waals surface area contributed by atoms with E-state index in [4.69, 9.17) is 9.97 Å². The Morgan fingerprint density at radius 2 is 1.16 bits per heavy atom. The summed E-state index contributed by atoms with van der Waals surface area (Å²) in [6.07, 6.45) is 1.92. The van der Waals surface area contributed by atoms with E-state index in [2.05, 4.69) is 239 Å². The van der Waals surface area contributed by atoms with Gasteiger partial charge in [0.05, 0.1) is 28.0 Å². The zero-order valence-corrected chi connectivity index (χ0v) is 42.0. The first-order valence-corrected chi connectivity index (χ1v) is 24.2. The molecule has 0 unspecified atom stereocenters. The van der Waals surface area contributed by atoms with Crippen molar-refractivity contribution in [3.63, 3.8) is 0 Å². The molecular formula is C64H65N3O. The Hall–Kier alpha value is -7.04. The van der Waals surface area contributed by atoms with Gasteiger partial charge in [0, 0.05) is 22.9 Å². The third-order valence-electron chi connectivity index (χ3n) is 13.7. The number of fused-ring (bicyclic) bond motifs is 1. The van der Waals surface area contributed by atoms with Crippen LogP contribution >= 0.6 is 0 Å². The van der Waals surface area contributed by atoms with Crippen LogP contribution in [0.15, 0.2) is 158 Å². The molecule has 0 amide bonds. The lowest BCUT2D eigenvalue weighted by Crippen LogP contribution is -2.11. The van der Waals surface area contributed by atoms with Crippen molar-refractivity contribution in [2.75, 3.05) is 0 Å². The fourth-order valence-electron chi connectivity index (χ4n) is 9.45. The van der Waals surface area contributed by atoms with Crippen LogP contribution in [0.5, 0.6) is 5.75 Å². The molecule has 0 saturated heterocycles. The van der Waals surface area contributed by atoms with Crippen molar-refractivity contribution in [1.29, 1.82) is 0 Å². The van der Waals surface area contributed by atoms with Gasteiger partial charge in [-0.3, -0.25) is 9.55 Å². The Labute approximate surface area is 404 Å². The number of aromatic nitrogens is 3. The number of rotatable bonds is 9. The number of pyridine rings is 1. The van der Waals surface area contributed by atoms with E-state index in [1.807, 2.05) is 6.20 Å². The molecule has 0 bridgehead atoms. The van der Waals surface area contributed by atoms with Crippen molar-refractivity contribution in [2.45, 2.75) is 106 Å². The predicted molar refractivity (Wildman–Crippen MR) is 288 cm³/mol. The molecule has 0 saturated carbocycles. The SMILES string of the molecule is Cc1ccc(-c2ccnc(-c3cc(-c4cccc5c4nc(-c4cc(C(C)C)cc(C(C)C)c4O)n5-c4cc(C)c(-c5ccccc5)cc4-c4ccc(C(C)(C)C)cc4)cc(C(C)(C)C)c3)c2)cc1. The number of hydrogen-bond acceptors (Lipinski definition) is 3. The second kappa shape index (κ2) is 17.9. The predicted octanol–water partition coefficient (Wildman–Crippen LogP) is 17.6. The molecule has 0 atom stereocenters. The topological polar surface area (TPSA) is 50.9 Å². The lowest BCUT2D eigenvalue weighted by Gasteiger charge is -2.22. The molecule has 7 aromatic carbocycles. The smallest absolute Gasteiger partial charge is 0.149 e. The first-order chi connectivity index (χ1) is 32.3. The fraction of sp³-hybridized carbons (Fsp3) is 0.250. The molecule has 2 heterocycles. The molecular weight excluding hydrogens is 827 g/mol. The van der Waals surface area contributed by atoms with Gasteiger partial charge in [-0.05, 0) is 146 Å². The summed E-state index contributed by atoms with van der Waals surface area (Å²) in [6, 6.07) is 55.2. The van der Waals surface area contributed by atoms with Gasteiger partial charge in [0.15, 0.2) is 0 Å². The molecule has 0 radical (unpaired) electrons. The number of imidazole rings is 1. The van der Waals surface area contributed by atoms with Gasteiger partial charge in [0.2, 0.25) is 0 Å². The van der Waals surface area contributed by atoms with Crippen molar-refractivity contribution in [1.82, 2.24) is 14.5 Å². The van der Waals surface area contributed by atoms with E-state index in [0.29, 0.717) is 5.82 Å². The third-order valence-corrected chi connectivity index (χ3v) is 13.7. The minimum Gasteiger partial charge on any atom is -0.507 e. The molecule has 1 N–H and O–H groups in total. The highest BCUT2D eigenvalue weighted by molar-refractivity contribution is 5.98. The molecule has 0 fully saturated rings. The minimum absolute atomic E-state index is 0.00511. The van der Waals surface area contributed by atoms with Gasteiger partial charge in [-0.1, -0.05) is 178 Å². The Morgan fingerprint density at radius 3 is 1.82 bits per heavy atom. The molecule has 0 spiro atoms. The van der Waals surface area contributed by atoms with E-state index in [1.54, 1.807) is 0 Å². The summed E-state index contributed by atoms with van der Waals surface area (Å²) < 4.78 is 2.32. The van der Waals surface area contributed by atoms with Crippen LogP contribution < -0.4 is 0 Å². The molecule has 0 aliphatic rings. The number of aromatic hydroxyl groups is 1. The number of aryl methyl sites for hydroxylation is 2. The van der Waals surface area contributed by atoms with Crippen LogP contribution in [0.25, 0.3) is 83.9 Å². The monoisotopic (exact) mass is 892 g/mol. The second-order valence-electron chi connectivity index (χ2n) is 21.5. The quantitative estimate of drug-likeness (QED) is 0.157. The minimum atomic E-state index is -0.149. The standard InChI is InChI=1S/C64H65N3O/c1-39(2)47-35-53(40(3)4)61(68)56(36-47)62-66-60-52(48-32-49(34-51(33-48)64(10,11)12)57-37-46(29-30-65-57)43-23-21-41(5)22-24-43)19-16-20-58(60)67(62)59-31-42(6)54(44-17-14-13-15-18-44)38-55(59)45-25-27-50(28-26-45)63(7,8)9/h13-40,68H,1-12H3. The number of phenolic OH excluding ortho intramolecular Hbond substituents is 1. The molecule has 68 heavy (non-hydrogen) atoms. The first kappa shape index (κ1) is 46.1. The fourth-order valence-corrected chi connectivity index (χ4v) is 9.45. The summed E-state index contributed by atoms with van der Waals surface area (Å²) >= 11 is 0. The van der Waals surface area contributed by atoms with E-state index < -0.39 is 0 Å². The molecule has 0 aliphatic carbocycles. The van der Waals surface area contributed by atoms with Crippen LogP contribution in [-0.4, -0.2) is 19.6 Å². The average Bonchev–Trinajstić information content (AvgIpc) is 3.71. The highest BCUT2D eigenvalue weighted by Crippen LogP contribution is 2.46. The maximum Gasteiger partial charge on any atom is 0.149 e. The van der Waals surface area contributed by atoms with Gasteiger partial charge < -0.3 is 5.11 Å². The largest absolute Gasteiger partial charge is 0.507 e. The van der Waals surface area contributed by atoms with Crippen molar-refractivity contribution in [3.05, 3.63) is 191 Å². The van der Waals surface area contributed by atoms with Crippen LogP contribution in [0.2, 0.25) is 0 Å². The summed E-state index contributed by atoms with van der Waals surface area (Å²) in [7, 11) is 0. The van der Waals surface area contributed by atoms with Crippen molar-refractivity contribution < 1.29 is 5.11 Å². The van der Waals surface area contributed by atoms with Crippen molar-refractivity contribution in [3.8, 4) is 78.6 Å². The first-order valence-electron chi connectivity index (χ1n) is 24.2. The van der Waals surface area contributed by atoms with Crippen LogP contribution in [0.3, 0.4) is 0 Å². The number of phenols is 1. The lowest BCUT2D eigenvalue weighted by atomic mass is 9.83. The van der Waals surface area contributed by atoms with E-state index >= 15 is 0 Å². The average molecular weight is 892 g/mol. The Kier molecular flexibility index (Phi) is 12.1. The number of nitrogens with zero attached hydrogens (tertiary/aromatic N) is 3. The van der Waals surface area contributed by atoms with Crippen molar-refractivity contribution in [2.24, 2.45) is 0 Å². The lowest BCUT2D eigenvalue weighted by molar-refractivity contribution is 0.466. The molecule has 4 heteroatoms. The number of para-hydroxylation sites is 1. The highest BCUT2D eigenvalue weighted by Gasteiger charge is 2.27. The number of hydrogen-bond donors (Lipinski definition) is 1. The van der Waals surface area contributed by atoms with Crippen LogP contribution in [0.4, 0.5) is 0 Å². The summed E-state index contributed by atoms with van der Waals surface area (Å²) in [5, 5.41) is 12.5. The zero-order chi connectivity index (χ0) is 48.2. The molecule has 342 valence electrons. The Bertz CT molecular complexity index is 3300. The second-order valence-corrected chi connectivity index (χ2v) is 21.5. The maximum absolute atomic E-state index is 12.5. The van der Waals surface area contributed by atoms with Gasteiger partial charge >= 0.3 is 0 Å². The Morgan fingerprint density at radius 1 is 0.500 bits per heavy atom. The van der Waals surface area contributed by atoms with Gasteiger partial charge in [0.1, 0.15) is 11.6 Å². The molecule has 0 aliphatic heterocycles. The summed E-state index contributed by atoms with van der Waals surface area (Å²) in [5.74, 6) is 1.31. The highest BCUT2D eigenvalue weighted by atomic mass is 16.3. The van der Waals surface area contributed by atoms with Crippen LogP contribution in [0.1, 0.15) is 114 Å². The molecule has 4 nitrogen and oxygen atoms in total. The molecule has 9 aromatic rings. The van der Waals surface area contributed by atoms with Gasteiger partial charge in [-0.15, -0.1) is 0 Å². The van der Waals surface area contributed by atoms with E-state index in [-0.39, 0.29) is 28.4 Å². The van der Waals surface area contributed by atoms with Crippen LogP contribution in [-0.2, 0) is 10.8 Å². The van der Waals surface area contributed by atoms with E-state index in [0.717, 1.165) is 83.6 Å². The Balaban J connectivity index is 1.36. The molecule has 9 rings (SSSR count). The van der Waals surface area contributed by atoms with E-state index in [1.165, 1.54) is 27.8 Å². The summed E-state index contributed by atoms with van der Waals surface area (Å²) in [5.41, 5.74) is 21.2.